The molecule has 0 spiro atoms. The van der Waals surface area contributed by atoms with E-state index in [4.69, 9.17) is 9.59 Å². The Labute approximate surface area is 206 Å². The predicted molar refractivity (Wildman–Crippen MR) is 148 cm³/mol. The van der Waals surface area contributed by atoms with E-state index in [9.17, 15) is 0 Å². The summed E-state index contributed by atoms with van der Waals surface area (Å²) in [6.07, 6.45) is 6.61. The molecule has 0 aliphatic carbocycles. The van der Waals surface area contributed by atoms with E-state index < -0.39 is 0 Å². The van der Waals surface area contributed by atoms with Crippen molar-refractivity contribution >= 4 is 19.7 Å². The third-order valence-electron chi connectivity index (χ3n) is 5.31. The Kier molecular flexibility index (Phi) is 17.3. The van der Waals surface area contributed by atoms with E-state index in [1.807, 2.05) is 19.6 Å². The standard InChI is InChI=1S/C15H23N.C14H14.2CH2O/c1-5-7-14-12(3)8-9-13(4)15(14)11-16-10-6-2;1-2-12-7-6-10-14(11-12)13-8-4-3-5-9-13;2*1-2/h5,7-9,16H,6,10-11H2,1-4H3;3-11H,2H2,1H3;2*1H2/b7-5-;;;. The van der Waals surface area contributed by atoms with Gasteiger partial charge in [-0.1, -0.05) is 92.7 Å². The van der Waals surface area contributed by atoms with Gasteiger partial charge >= 0.3 is 0 Å². The van der Waals surface area contributed by atoms with E-state index in [2.05, 4.69) is 113 Å². The Morgan fingerprint density at radius 3 is 2.00 bits per heavy atom. The highest BCUT2D eigenvalue weighted by Gasteiger charge is 2.05. The van der Waals surface area contributed by atoms with Gasteiger partial charge in [0.05, 0.1) is 0 Å². The number of benzene rings is 3. The van der Waals surface area contributed by atoms with Crippen LogP contribution < -0.4 is 5.32 Å². The van der Waals surface area contributed by atoms with Gasteiger partial charge in [-0.05, 0) is 79.1 Å². The van der Waals surface area contributed by atoms with Crippen LogP contribution in [-0.4, -0.2) is 20.1 Å². The second kappa shape index (κ2) is 19.2. The summed E-state index contributed by atoms with van der Waals surface area (Å²) < 4.78 is 0. The lowest BCUT2D eigenvalue weighted by atomic mass is 9.96. The summed E-state index contributed by atoms with van der Waals surface area (Å²) in [6.45, 7) is 16.9. The second-order valence-corrected chi connectivity index (χ2v) is 7.69. The third kappa shape index (κ3) is 10.5. The maximum absolute atomic E-state index is 8.00. The molecule has 0 atom stereocenters. The van der Waals surface area contributed by atoms with Crippen LogP contribution in [0.2, 0.25) is 0 Å². The minimum absolute atomic E-state index is 0.973. The summed E-state index contributed by atoms with van der Waals surface area (Å²) in [7, 11) is 0. The third-order valence-corrected chi connectivity index (χ3v) is 5.31. The van der Waals surface area contributed by atoms with Gasteiger partial charge in [0.2, 0.25) is 0 Å². The van der Waals surface area contributed by atoms with E-state index in [0.717, 1.165) is 19.5 Å². The van der Waals surface area contributed by atoms with Gasteiger partial charge in [-0.15, -0.1) is 0 Å². The first-order chi connectivity index (χ1) is 16.6. The Bertz CT molecular complexity index is 962. The lowest BCUT2D eigenvalue weighted by molar-refractivity contribution is -0.0987. The van der Waals surface area contributed by atoms with Crippen molar-refractivity contribution < 1.29 is 9.59 Å². The number of allylic oxidation sites excluding steroid dienone is 1. The van der Waals surface area contributed by atoms with Crippen molar-refractivity contribution in [3.8, 4) is 11.1 Å². The number of nitrogens with one attached hydrogen (secondary N) is 1. The topological polar surface area (TPSA) is 46.2 Å². The molecule has 3 rings (SSSR count). The van der Waals surface area contributed by atoms with Crippen LogP contribution in [0.3, 0.4) is 0 Å². The molecule has 0 amide bonds. The zero-order valence-electron chi connectivity index (χ0n) is 21.6. The molecule has 3 aromatic rings. The van der Waals surface area contributed by atoms with Crippen molar-refractivity contribution in [3.05, 3.63) is 101 Å². The Morgan fingerprint density at radius 2 is 1.41 bits per heavy atom. The summed E-state index contributed by atoms with van der Waals surface area (Å²) in [5.41, 5.74) is 9.55. The van der Waals surface area contributed by atoms with E-state index in [-0.39, 0.29) is 0 Å². The summed E-state index contributed by atoms with van der Waals surface area (Å²) in [6, 6.07) is 23.6. The van der Waals surface area contributed by atoms with Crippen molar-refractivity contribution in [2.75, 3.05) is 6.54 Å². The fourth-order valence-corrected chi connectivity index (χ4v) is 3.52. The zero-order valence-corrected chi connectivity index (χ0v) is 21.6. The smallest absolute Gasteiger partial charge is 0.106 e. The maximum atomic E-state index is 8.00. The minimum Gasteiger partial charge on any atom is -0.313 e. The summed E-state index contributed by atoms with van der Waals surface area (Å²) >= 11 is 0. The SMILES string of the molecule is C/C=C\c1c(C)ccc(C)c1CNCCC.C=O.C=O.CCc1cccc(-c2ccccc2)c1. The zero-order chi connectivity index (χ0) is 25.8. The van der Waals surface area contributed by atoms with Crippen molar-refractivity contribution in [2.45, 2.75) is 54.0 Å². The highest BCUT2D eigenvalue weighted by molar-refractivity contribution is 5.64. The summed E-state index contributed by atoms with van der Waals surface area (Å²) in [5, 5.41) is 3.48. The molecule has 0 fully saturated rings. The molecule has 0 aromatic heterocycles. The molecule has 0 aliphatic heterocycles. The first kappa shape index (κ1) is 30.7. The molecule has 3 nitrogen and oxygen atoms in total. The average molecular weight is 460 g/mol. The lowest BCUT2D eigenvalue weighted by Crippen LogP contribution is -2.15. The molecule has 3 aromatic carbocycles. The molecule has 0 unspecified atom stereocenters. The van der Waals surface area contributed by atoms with E-state index in [1.165, 1.54) is 45.4 Å². The average Bonchev–Trinajstić information content (AvgIpc) is 2.91. The van der Waals surface area contributed by atoms with Crippen LogP contribution >= 0.6 is 0 Å². The normalized spacial score (nSPS) is 9.68. The van der Waals surface area contributed by atoms with Crippen LogP contribution in [0, 0.1) is 13.8 Å². The molecule has 0 heterocycles. The maximum Gasteiger partial charge on any atom is 0.106 e. The van der Waals surface area contributed by atoms with Gasteiger partial charge in [0.25, 0.3) is 0 Å². The van der Waals surface area contributed by atoms with Crippen molar-refractivity contribution in [1.82, 2.24) is 5.32 Å². The number of hydrogen-bond acceptors (Lipinski definition) is 3. The number of rotatable bonds is 7. The van der Waals surface area contributed by atoms with Crippen LogP contribution in [0.15, 0.2) is 72.8 Å². The number of carbonyl (C=O) groups excluding carboxylic acids is 2. The molecular formula is C31H41NO2. The van der Waals surface area contributed by atoms with Gasteiger partial charge in [-0.25, -0.2) is 0 Å². The lowest BCUT2D eigenvalue weighted by Gasteiger charge is -2.13. The monoisotopic (exact) mass is 459 g/mol. The number of aryl methyl sites for hydroxylation is 3. The fraction of sp³-hybridized carbons (Fsp3) is 0.290. The molecule has 0 aliphatic rings. The van der Waals surface area contributed by atoms with Gasteiger partial charge in [0, 0.05) is 6.54 Å². The van der Waals surface area contributed by atoms with Crippen LogP contribution in [0.4, 0.5) is 0 Å². The molecule has 34 heavy (non-hydrogen) atoms. The van der Waals surface area contributed by atoms with Gasteiger partial charge < -0.3 is 14.9 Å². The Balaban J connectivity index is 0.000000561. The van der Waals surface area contributed by atoms with E-state index in [1.54, 1.807) is 0 Å². The Morgan fingerprint density at radius 1 is 0.794 bits per heavy atom. The first-order valence-electron chi connectivity index (χ1n) is 11.7. The first-order valence-corrected chi connectivity index (χ1v) is 11.7. The number of hydrogen-bond donors (Lipinski definition) is 1. The molecule has 0 saturated heterocycles. The van der Waals surface area contributed by atoms with Gasteiger partial charge in [-0.2, -0.15) is 0 Å². The molecule has 0 bridgehead atoms. The van der Waals surface area contributed by atoms with Crippen LogP contribution in [0.5, 0.6) is 0 Å². The highest BCUT2D eigenvalue weighted by atomic mass is 16.1. The Hall–Kier alpha value is -3.30. The van der Waals surface area contributed by atoms with Crippen LogP contribution in [0.1, 0.15) is 55.0 Å². The molecule has 182 valence electrons. The summed E-state index contributed by atoms with van der Waals surface area (Å²) in [4.78, 5) is 16.0. The molecule has 1 N–H and O–H groups in total. The van der Waals surface area contributed by atoms with Gasteiger partial charge in [0.15, 0.2) is 0 Å². The van der Waals surface area contributed by atoms with Crippen molar-refractivity contribution in [3.63, 3.8) is 0 Å². The van der Waals surface area contributed by atoms with E-state index in [0.29, 0.717) is 0 Å². The highest BCUT2D eigenvalue weighted by Crippen LogP contribution is 2.21. The largest absolute Gasteiger partial charge is 0.313 e. The van der Waals surface area contributed by atoms with Crippen LogP contribution in [0.25, 0.3) is 17.2 Å². The minimum atomic E-state index is 0.973. The molecule has 0 saturated carbocycles. The van der Waals surface area contributed by atoms with Crippen LogP contribution in [-0.2, 0) is 22.6 Å². The second-order valence-electron chi connectivity index (χ2n) is 7.69. The quantitative estimate of drug-likeness (QED) is 0.375. The summed E-state index contributed by atoms with van der Waals surface area (Å²) in [5.74, 6) is 0. The van der Waals surface area contributed by atoms with Gasteiger partial charge in [0.1, 0.15) is 13.6 Å². The molecule has 0 radical (unpaired) electrons. The fourth-order valence-electron chi connectivity index (χ4n) is 3.52. The molecule has 3 heteroatoms. The van der Waals surface area contributed by atoms with Gasteiger partial charge in [-0.3, -0.25) is 0 Å². The number of carbonyl (C=O) groups is 2. The van der Waals surface area contributed by atoms with Crippen molar-refractivity contribution in [2.24, 2.45) is 0 Å². The van der Waals surface area contributed by atoms with Crippen molar-refractivity contribution in [1.29, 1.82) is 0 Å². The van der Waals surface area contributed by atoms with E-state index >= 15 is 0 Å². The predicted octanol–water partition coefficient (Wildman–Crippen LogP) is 7.38. The molecular weight excluding hydrogens is 418 g/mol.